The van der Waals surface area contributed by atoms with Crippen molar-refractivity contribution in [1.82, 2.24) is 19.9 Å². The van der Waals surface area contributed by atoms with Crippen molar-refractivity contribution >= 4 is 22.9 Å². The van der Waals surface area contributed by atoms with Crippen LogP contribution >= 0.6 is 0 Å². The van der Waals surface area contributed by atoms with Gasteiger partial charge in [0.05, 0.1) is 12.5 Å². The lowest BCUT2D eigenvalue weighted by molar-refractivity contribution is 0.128. The number of amides is 1. The molecule has 1 saturated carbocycles. The van der Waals surface area contributed by atoms with Gasteiger partial charge in [-0.1, -0.05) is 6.92 Å². The molecule has 1 N–H and O–H groups in total. The molecule has 2 aromatic rings. The Morgan fingerprint density at radius 3 is 3.00 bits per heavy atom. The number of nitrogens with one attached hydrogen (secondary N) is 1. The van der Waals surface area contributed by atoms with Crippen molar-refractivity contribution in [2.24, 2.45) is 17.8 Å². The number of methoxy groups -OCH3 is 1. The number of carbonyl (C=O) groups excluding carboxylic acids is 1. The predicted molar refractivity (Wildman–Crippen MR) is 90.8 cm³/mol. The van der Waals surface area contributed by atoms with Crippen LogP contribution in [0.3, 0.4) is 0 Å². The van der Waals surface area contributed by atoms with Crippen molar-refractivity contribution < 1.29 is 9.53 Å². The maximum atomic E-state index is 11.8. The molecule has 0 unspecified atom stereocenters. The maximum absolute atomic E-state index is 11.8. The van der Waals surface area contributed by atoms with Crippen molar-refractivity contribution in [1.29, 1.82) is 0 Å². The van der Waals surface area contributed by atoms with Crippen molar-refractivity contribution in [3.05, 3.63) is 18.6 Å². The van der Waals surface area contributed by atoms with Gasteiger partial charge < -0.3 is 19.5 Å². The minimum atomic E-state index is -0.202. The molecule has 4 atom stereocenters. The normalized spacial score (nSPS) is 29.0. The quantitative estimate of drug-likeness (QED) is 0.913. The molecule has 4 rings (SSSR count). The Morgan fingerprint density at radius 1 is 1.42 bits per heavy atom. The predicted octanol–water partition coefficient (Wildman–Crippen LogP) is 2.12. The Labute approximate surface area is 141 Å². The lowest BCUT2D eigenvalue weighted by atomic mass is 9.93. The monoisotopic (exact) mass is 329 g/mol. The standard InChI is InChI=1S/C17H23N5O2/c1-10-13-8-22(17(23)24-3)7-11(13)6-14(10)21(2)16-12-4-5-18-15(12)19-9-20-16/h4-5,9-11,13-14H,6-8H2,1-3H3,(H,18,19,20)/t10-,11-,13-,14+/m1/s1. The Morgan fingerprint density at radius 2 is 2.25 bits per heavy atom. The summed E-state index contributed by atoms with van der Waals surface area (Å²) in [5.74, 6) is 2.54. The first-order valence-corrected chi connectivity index (χ1v) is 8.44. The van der Waals surface area contributed by atoms with Gasteiger partial charge in [-0.3, -0.25) is 0 Å². The van der Waals surface area contributed by atoms with E-state index >= 15 is 0 Å². The van der Waals surface area contributed by atoms with Crippen LogP contribution in [0.15, 0.2) is 18.6 Å². The van der Waals surface area contributed by atoms with Gasteiger partial charge in [-0.15, -0.1) is 0 Å². The number of anilines is 1. The Bertz CT molecular complexity index is 760. The topological polar surface area (TPSA) is 74.3 Å². The highest BCUT2D eigenvalue weighted by atomic mass is 16.5. The minimum Gasteiger partial charge on any atom is -0.453 e. The zero-order valence-electron chi connectivity index (χ0n) is 14.3. The molecule has 0 radical (unpaired) electrons. The third-order valence-corrected chi connectivity index (χ3v) is 5.92. The molecule has 7 nitrogen and oxygen atoms in total. The highest BCUT2D eigenvalue weighted by Crippen LogP contribution is 2.45. The van der Waals surface area contributed by atoms with Gasteiger partial charge in [0.25, 0.3) is 0 Å². The maximum Gasteiger partial charge on any atom is 0.409 e. The molecule has 0 spiro atoms. The number of aromatic amines is 1. The van der Waals surface area contributed by atoms with Crippen molar-refractivity contribution in [2.45, 2.75) is 19.4 Å². The molecule has 1 amide bonds. The van der Waals surface area contributed by atoms with Crippen LogP contribution in [0.4, 0.5) is 10.6 Å². The van der Waals surface area contributed by atoms with Crippen LogP contribution in [0.1, 0.15) is 13.3 Å². The van der Waals surface area contributed by atoms with E-state index in [2.05, 4.69) is 33.8 Å². The number of ether oxygens (including phenoxy) is 1. The van der Waals surface area contributed by atoms with Gasteiger partial charge in [0, 0.05) is 32.4 Å². The van der Waals surface area contributed by atoms with Crippen LogP contribution in [-0.4, -0.2) is 59.2 Å². The first kappa shape index (κ1) is 15.2. The number of carbonyl (C=O) groups is 1. The van der Waals surface area contributed by atoms with E-state index in [1.165, 1.54) is 7.11 Å². The third kappa shape index (κ3) is 2.22. The summed E-state index contributed by atoms with van der Waals surface area (Å²) >= 11 is 0. The summed E-state index contributed by atoms with van der Waals surface area (Å²) in [7, 11) is 3.57. The fourth-order valence-corrected chi connectivity index (χ4v) is 4.64. The molecule has 2 fully saturated rings. The van der Waals surface area contributed by atoms with E-state index in [9.17, 15) is 4.79 Å². The molecule has 7 heteroatoms. The number of hydrogen-bond acceptors (Lipinski definition) is 5. The van der Waals surface area contributed by atoms with Gasteiger partial charge in [0.15, 0.2) is 0 Å². The second-order valence-electron chi connectivity index (χ2n) is 7.01. The number of likely N-dealkylation sites (tertiary alicyclic amines) is 1. The summed E-state index contributed by atoms with van der Waals surface area (Å²) in [5.41, 5.74) is 0.870. The average molecular weight is 329 g/mol. The van der Waals surface area contributed by atoms with E-state index in [0.29, 0.717) is 23.8 Å². The minimum absolute atomic E-state index is 0.202. The van der Waals surface area contributed by atoms with Gasteiger partial charge in [-0.2, -0.15) is 0 Å². The summed E-state index contributed by atoms with van der Waals surface area (Å²) in [6.07, 6.45) is 4.39. The van der Waals surface area contributed by atoms with E-state index in [-0.39, 0.29) is 6.09 Å². The molecule has 3 heterocycles. The smallest absolute Gasteiger partial charge is 0.409 e. The van der Waals surface area contributed by atoms with Crippen molar-refractivity contribution in [3.63, 3.8) is 0 Å². The molecule has 2 aromatic heterocycles. The molecular weight excluding hydrogens is 306 g/mol. The summed E-state index contributed by atoms with van der Waals surface area (Å²) in [5, 5.41) is 1.06. The van der Waals surface area contributed by atoms with Gasteiger partial charge in [0.2, 0.25) is 0 Å². The summed E-state index contributed by atoms with van der Waals surface area (Å²) in [4.78, 5) is 27.9. The number of fused-ring (bicyclic) bond motifs is 2. The van der Waals surface area contributed by atoms with E-state index < -0.39 is 0 Å². The van der Waals surface area contributed by atoms with E-state index in [4.69, 9.17) is 4.74 Å². The van der Waals surface area contributed by atoms with Crippen molar-refractivity contribution in [3.8, 4) is 0 Å². The highest BCUT2D eigenvalue weighted by molar-refractivity contribution is 5.87. The van der Waals surface area contributed by atoms with E-state index in [0.717, 1.165) is 36.4 Å². The number of nitrogens with zero attached hydrogens (tertiary/aromatic N) is 4. The summed E-state index contributed by atoms with van der Waals surface area (Å²) < 4.78 is 4.87. The van der Waals surface area contributed by atoms with Crippen molar-refractivity contribution in [2.75, 3.05) is 32.1 Å². The molecule has 1 saturated heterocycles. The fraction of sp³-hybridized carbons (Fsp3) is 0.588. The van der Waals surface area contributed by atoms with Gasteiger partial charge in [0.1, 0.15) is 17.8 Å². The van der Waals surface area contributed by atoms with Crippen LogP contribution in [0, 0.1) is 17.8 Å². The molecule has 1 aliphatic carbocycles. The lowest BCUT2D eigenvalue weighted by Gasteiger charge is -2.31. The molecule has 0 bridgehead atoms. The zero-order valence-corrected chi connectivity index (χ0v) is 14.3. The Hall–Kier alpha value is -2.31. The van der Waals surface area contributed by atoms with Gasteiger partial charge in [-0.25, -0.2) is 14.8 Å². The molecule has 128 valence electrons. The lowest BCUT2D eigenvalue weighted by Crippen LogP contribution is -2.38. The van der Waals surface area contributed by atoms with Crippen LogP contribution in [0.2, 0.25) is 0 Å². The zero-order chi connectivity index (χ0) is 16.8. The number of H-pyrrole nitrogens is 1. The Kier molecular flexibility index (Phi) is 3.58. The second-order valence-corrected chi connectivity index (χ2v) is 7.01. The fourth-order valence-electron chi connectivity index (χ4n) is 4.64. The largest absolute Gasteiger partial charge is 0.453 e. The molecule has 24 heavy (non-hydrogen) atoms. The number of rotatable bonds is 2. The first-order valence-electron chi connectivity index (χ1n) is 8.44. The molecule has 0 aromatic carbocycles. The van der Waals surface area contributed by atoms with Crippen LogP contribution in [0.5, 0.6) is 0 Å². The van der Waals surface area contributed by atoms with E-state index in [1.807, 2.05) is 17.2 Å². The number of hydrogen-bond donors (Lipinski definition) is 1. The molecule has 2 aliphatic rings. The molecular formula is C17H23N5O2. The summed E-state index contributed by atoms with van der Waals surface area (Å²) in [6.45, 7) is 3.89. The van der Waals surface area contributed by atoms with Crippen LogP contribution in [0.25, 0.3) is 11.0 Å². The van der Waals surface area contributed by atoms with Gasteiger partial charge in [-0.05, 0) is 30.2 Å². The third-order valence-electron chi connectivity index (χ3n) is 5.92. The van der Waals surface area contributed by atoms with E-state index in [1.54, 1.807) is 6.33 Å². The first-order chi connectivity index (χ1) is 11.6. The van der Waals surface area contributed by atoms with Crippen LogP contribution in [-0.2, 0) is 4.74 Å². The second kappa shape index (κ2) is 5.65. The molecule has 1 aliphatic heterocycles. The highest BCUT2D eigenvalue weighted by Gasteiger charge is 2.48. The number of aromatic nitrogens is 3. The van der Waals surface area contributed by atoms with Gasteiger partial charge >= 0.3 is 6.09 Å². The summed E-state index contributed by atoms with van der Waals surface area (Å²) in [6, 6.07) is 2.45. The Balaban J connectivity index is 1.55. The van der Waals surface area contributed by atoms with Crippen LogP contribution < -0.4 is 4.90 Å². The SMILES string of the molecule is COC(=O)N1C[C@H]2C[C@H](N(C)c3ncnc4[nH]ccc34)[C@H](C)[C@H]2C1. The average Bonchev–Trinajstić information content (AvgIpc) is 3.29.